The zero-order valence-electron chi connectivity index (χ0n) is 17.5. The zero-order valence-corrected chi connectivity index (χ0v) is 19.1. The van der Waals surface area contributed by atoms with E-state index in [0.29, 0.717) is 23.8 Å². The van der Waals surface area contributed by atoms with E-state index in [1.165, 1.54) is 0 Å². The fraction of sp³-hybridized carbons (Fsp3) is 0.208. The molecule has 3 aromatic rings. The van der Waals surface area contributed by atoms with Gasteiger partial charge in [0.15, 0.2) is 0 Å². The first-order valence-electron chi connectivity index (χ1n) is 9.87. The van der Waals surface area contributed by atoms with Crippen LogP contribution in [0.25, 0.3) is 0 Å². The molecular weight excluding hydrogens is 432 g/mol. The predicted molar refractivity (Wildman–Crippen MR) is 125 cm³/mol. The van der Waals surface area contributed by atoms with Crippen LogP contribution >= 0.6 is 11.6 Å². The monoisotopic (exact) mass is 456 g/mol. The molecule has 1 amide bonds. The third kappa shape index (κ3) is 6.09. The van der Waals surface area contributed by atoms with Gasteiger partial charge in [-0.15, -0.1) is 0 Å². The van der Waals surface area contributed by atoms with E-state index >= 15 is 0 Å². The van der Waals surface area contributed by atoms with Crippen molar-refractivity contribution in [3.63, 3.8) is 0 Å². The van der Waals surface area contributed by atoms with E-state index in [2.05, 4.69) is 0 Å². The van der Waals surface area contributed by atoms with E-state index in [9.17, 15) is 13.2 Å². The molecule has 0 fully saturated rings. The first kappa shape index (κ1) is 22.8. The maximum Gasteiger partial charge on any atom is 0.246 e. The van der Waals surface area contributed by atoms with Gasteiger partial charge in [0.05, 0.1) is 11.9 Å². The molecule has 0 aliphatic carbocycles. The van der Waals surface area contributed by atoms with Crippen molar-refractivity contribution in [3.8, 4) is 0 Å². The first-order chi connectivity index (χ1) is 14.8. The Kier molecular flexibility index (Phi) is 7.36. The highest BCUT2D eigenvalue weighted by molar-refractivity contribution is 7.92. The number of amides is 1. The average molecular weight is 457 g/mol. The van der Waals surface area contributed by atoms with Crippen LogP contribution in [-0.2, 0) is 27.9 Å². The summed E-state index contributed by atoms with van der Waals surface area (Å²) < 4.78 is 26.4. The Morgan fingerprint density at radius 3 is 1.71 bits per heavy atom. The number of halogens is 1. The van der Waals surface area contributed by atoms with Gasteiger partial charge in [0.2, 0.25) is 15.9 Å². The minimum absolute atomic E-state index is 0.284. The predicted octanol–water partition coefficient (Wildman–Crippen LogP) is 4.72. The summed E-state index contributed by atoms with van der Waals surface area (Å²) in [5, 5.41) is 0.492. The van der Waals surface area contributed by atoms with Gasteiger partial charge < -0.3 is 4.90 Å². The van der Waals surface area contributed by atoms with Crippen LogP contribution in [0.2, 0.25) is 5.02 Å². The number of sulfonamides is 1. The lowest BCUT2D eigenvalue weighted by Crippen LogP contribution is -2.49. The van der Waals surface area contributed by atoms with Crippen LogP contribution in [0, 0.1) is 0 Å². The molecular formula is C24H25ClN2O3S. The Labute approximate surface area is 188 Å². The van der Waals surface area contributed by atoms with Crippen LogP contribution in [0.15, 0.2) is 84.9 Å². The normalized spacial score (nSPS) is 12.2. The van der Waals surface area contributed by atoms with Gasteiger partial charge in [-0.05, 0) is 42.3 Å². The third-order valence-electron chi connectivity index (χ3n) is 4.89. The van der Waals surface area contributed by atoms with E-state index in [-0.39, 0.29) is 5.91 Å². The molecule has 0 N–H and O–H groups in total. The van der Waals surface area contributed by atoms with Gasteiger partial charge in [-0.1, -0.05) is 72.3 Å². The zero-order chi connectivity index (χ0) is 22.4. The molecule has 162 valence electrons. The van der Waals surface area contributed by atoms with Gasteiger partial charge in [0.25, 0.3) is 0 Å². The Balaban J connectivity index is 1.94. The van der Waals surface area contributed by atoms with Gasteiger partial charge in [0.1, 0.15) is 6.04 Å². The Morgan fingerprint density at radius 2 is 1.29 bits per heavy atom. The van der Waals surface area contributed by atoms with Gasteiger partial charge in [-0.25, -0.2) is 8.42 Å². The summed E-state index contributed by atoms with van der Waals surface area (Å²) in [4.78, 5) is 15.3. The van der Waals surface area contributed by atoms with E-state index in [1.807, 2.05) is 60.7 Å². The molecule has 0 radical (unpaired) electrons. The number of carbonyl (C=O) groups excluding carboxylic acids is 1. The number of rotatable bonds is 8. The number of carbonyl (C=O) groups is 1. The standard InChI is InChI=1S/C24H25ClN2O3S/c1-19(27(31(2,29)30)23-15-13-22(25)14-16-23)24(28)26(17-20-9-5-3-6-10-20)18-21-11-7-4-8-12-21/h3-16,19H,17-18H2,1-2H3/t19-/m1/s1. The number of hydrogen-bond acceptors (Lipinski definition) is 3. The van der Waals surface area contributed by atoms with Crippen LogP contribution in [-0.4, -0.2) is 31.5 Å². The average Bonchev–Trinajstić information content (AvgIpc) is 2.75. The minimum atomic E-state index is -3.71. The van der Waals surface area contributed by atoms with Crippen molar-refractivity contribution in [2.75, 3.05) is 10.6 Å². The molecule has 0 spiro atoms. The number of hydrogen-bond donors (Lipinski definition) is 0. The van der Waals surface area contributed by atoms with Crippen LogP contribution in [0.4, 0.5) is 5.69 Å². The van der Waals surface area contributed by atoms with Crippen molar-refractivity contribution in [3.05, 3.63) is 101 Å². The van der Waals surface area contributed by atoms with Crippen LogP contribution in [0.3, 0.4) is 0 Å². The largest absolute Gasteiger partial charge is 0.332 e. The van der Waals surface area contributed by atoms with Gasteiger partial charge in [0, 0.05) is 18.1 Å². The third-order valence-corrected chi connectivity index (χ3v) is 6.39. The Hall–Kier alpha value is -2.83. The maximum absolute atomic E-state index is 13.6. The molecule has 0 heterocycles. The summed E-state index contributed by atoms with van der Waals surface area (Å²) in [5.41, 5.74) is 2.33. The minimum Gasteiger partial charge on any atom is -0.332 e. The summed E-state index contributed by atoms with van der Waals surface area (Å²) in [6.45, 7) is 2.36. The summed E-state index contributed by atoms with van der Waals surface area (Å²) in [7, 11) is -3.71. The first-order valence-corrected chi connectivity index (χ1v) is 12.1. The summed E-state index contributed by atoms with van der Waals surface area (Å²) in [6, 6.07) is 24.8. The molecule has 0 unspecified atom stereocenters. The van der Waals surface area contributed by atoms with Gasteiger partial charge >= 0.3 is 0 Å². The second-order valence-corrected chi connectivity index (χ2v) is 9.67. The van der Waals surface area contributed by atoms with Gasteiger partial charge in [-0.2, -0.15) is 0 Å². The molecule has 1 atom stereocenters. The fourth-order valence-electron chi connectivity index (χ4n) is 3.47. The second kappa shape index (κ2) is 9.98. The molecule has 0 aliphatic rings. The summed E-state index contributed by atoms with van der Waals surface area (Å²) in [5.74, 6) is -0.284. The van der Waals surface area contributed by atoms with Gasteiger partial charge in [-0.3, -0.25) is 9.10 Å². The van der Waals surface area contributed by atoms with Crippen molar-refractivity contribution in [1.29, 1.82) is 0 Å². The second-order valence-electron chi connectivity index (χ2n) is 7.38. The molecule has 7 heteroatoms. The fourth-order valence-corrected chi connectivity index (χ4v) is 4.77. The Bertz CT molecular complexity index is 1060. The van der Waals surface area contributed by atoms with Crippen LogP contribution in [0.5, 0.6) is 0 Å². The molecule has 0 bridgehead atoms. The van der Waals surface area contributed by atoms with Crippen LogP contribution in [0.1, 0.15) is 18.1 Å². The number of anilines is 1. The van der Waals surface area contributed by atoms with Crippen molar-refractivity contribution in [1.82, 2.24) is 4.90 Å². The molecule has 31 heavy (non-hydrogen) atoms. The summed E-state index contributed by atoms with van der Waals surface area (Å²) >= 11 is 5.96. The highest BCUT2D eigenvalue weighted by Gasteiger charge is 2.32. The molecule has 0 saturated carbocycles. The van der Waals surface area contributed by atoms with E-state index < -0.39 is 16.1 Å². The van der Waals surface area contributed by atoms with Crippen LogP contribution < -0.4 is 4.31 Å². The lowest BCUT2D eigenvalue weighted by atomic mass is 10.1. The molecule has 0 saturated heterocycles. The Morgan fingerprint density at radius 1 is 0.839 bits per heavy atom. The van der Waals surface area contributed by atoms with Crippen molar-refractivity contribution < 1.29 is 13.2 Å². The maximum atomic E-state index is 13.6. The number of nitrogens with zero attached hydrogens (tertiary/aromatic N) is 2. The quantitative estimate of drug-likeness (QED) is 0.492. The van der Waals surface area contributed by atoms with E-state index in [0.717, 1.165) is 21.7 Å². The van der Waals surface area contributed by atoms with E-state index in [1.54, 1.807) is 36.1 Å². The van der Waals surface area contributed by atoms with Crippen molar-refractivity contribution >= 4 is 33.2 Å². The molecule has 0 aromatic heterocycles. The van der Waals surface area contributed by atoms with Crippen molar-refractivity contribution in [2.45, 2.75) is 26.1 Å². The highest BCUT2D eigenvalue weighted by Crippen LogP contribution is 2.24. The SMILES string of the molecule is C[C@H](C(=O)N(Cc1ccccc1)Cc1ccccc1)N(c1ccc(Cl)cc1)S(C)(=O)=O. The summed E-state index contributed by atoms with van der Waals surface area (Å²) in [6.07, 6.45) is 1.10. The molecule has 3 aromatic carbocycles. The molecule has 3 rings (SSSR count). The molecule has 0 aliphatic heterocycles. The number of benzene rings is 3. The lowest BCUT2D eigenvalue weighted by Gasteiger charge is -2.33. The highest BCUT2D eigenvalue weighted by atomic mass is 35.5. The molecule has 5 nitrogen and oxygen atoms in total. The van der Waals surface area contributed by atoms with E-state index in [4.69, 9.17) is 11.6 Å². The lowest BCUT2D eigenvalue weighted by molar-refractivity contribution is -0.133. The topological polar surface area (TPSA) is 57.7 Å². The smallest absolute Gasteiger partial charge is 0.246 e. The van der Waals surface area contributed by atoms with Crippen molar-refractivity contribution in [2.24, 2.45) is 0 Å².